The molecule has 2 aliphatic heterocycles. The van der Waals surface area contributed by atoms with Crippen molar-refractivity contribution in [2.24, 2.45) is 5.41 Å². The number of hydrogen-bond acceptors (Lipinski definition) is 5. The van der Waals surface area contributed by atoms with Gasteiger partial charge in [-0.2, -0.15) is 4.31 Å². The monoisotopic (exact) mass is 442 g/mol. The largest absolute Gasteiger partial charge is 0.339 e. The number of nitrogens with one attached hydrogen (secondary N) is 1. The van der Waals surface area contributed by atoms with E-state index in [1.165, 1.54) is 16.8 Å². The van der Waals surface area contributed by atoms with Gasteiger partial charge in [-0.15, -0.1) is 0 Å². The van der Waals surface area contributed by atoms with Crippen LogP contribution in [0.5, 0.6) is 0 Å². The lowest BCUT2D eigenvalue weighted by molar-refractivity contribution is -0.126. The second kappa shape index (κ2) is 8.39. The summed E-state index contributed by atoms with van der Waals surface area (Å²) in [6, 6.07) is 12.1. The molecule has 1 N–H and O–H groups in total. The van der Waals surface area contributed by atoms with Crippen molar-refractivity contribution < 1.29 is 18.0 Å². The number of carbonyl (C=O) groups excluding carboxylic acids is 2. The molecule has 2 saturated heterocycles. The Morgan fingerprint density at radius 2 is 1.81 bits per heavy atom. The summed E-state index contributed by atoms with van der Waals surface area (Å²) in [5.74, 6) is -0.344. The lowest BCUT2D eigenvalue weighted by Gasteiger charge is -2.34. The van der Waals surface area contributed by atoms with Crippen LogP contribution in [0.1, 0.15) is 29.6 Å². The Bertz CT molecular complexity index is 1060. The summed E-state index contributed by atoms with van der Waals surface area (Å²) in [4.78, 5) is 32.2. The van der Waals surface area contributed by atoms with Crippen molar-refractivity contribution in [2.75, 3.05) is 31.2 Å². The minimum atomic E-state index is -3.48. The summed E-state index contributed by atoms with van der Waals surface area (Å²) in [6.07, 6.45) is 5.54. The summed E-state index contributed by atoms with van der Waals surface area (Å²) in [5, 5.41) is 2.98. The third-order valence-corrected chi connectivity index (χ3v) is 7.66. The highest BCUT2D eigenvalue weighted by atomic mass is 32.2. The van der Waals surface area contributed by atoms with Gasteiger partial charge in [-0.25, -0.2) is 8.42 Å². The average Bonchev–Trinajstić information content (AvgIpc) is 3.05. The summed E-state index contributed by atoms with van der Waals surface area (Å²) in [5.41, 5.74) is 0.270. The number of sulfonamides is 1. The van der Waals surface area contributed by atoms with Crippen LogP contribution in [0.25, 0.3) is 0 Å². The molecule has 2 aliphatic rings. The standard InChI is InChI=1S/C22H26N4O4S/c1-31(29,30)26-15-11-22(21(28)24-18-7-3-2-4-8-18)10-14-25(13-9-19(22)26)20(27)17-6-5-12-23-16-17/h2-8,12,16,19H,9-11,13-15H2,1H3,(H,24,28)/t19-,22+/m0/s1. The summed E-state index contributed by atoms with van der Waals surface area (Å²) in [7, 11) is -3.48. The number of carbonyl (C=O) groups is 2. The van der Waals surface area contributed by atoms with Gasteiger partial charge in [-0.05, 0) is 43.5 Å². The molecule has 4 rings (SSSR count). The summed E-state index contributed by atoms with van der Waals surface area (Å²) < 4.78 is 26.4. The molecule has 2 amide bonds. The van der Waals surface area contributed by atoms with Gasteiger partial charge in [0.05, 0.1) is 17.2 Å². The first kappa shape index (κ1) is 21.5. The zero-order valence-corrected chi connectivity index (χ0v) is 18.2. The molecule has 2 aromatic rings. The van der Waals surface area contributed by atoms with E-state index in [-0.39, 0.29) is 11.8 Å². The Kier molecular flexibility index (Phi) is 5.81. The van der Waals surface area contributed by atoms with Crippen LogP contribution in [0.3, 0.4) is 0 Å². The normalized spacial score (nSPS) is 24.3. The van der Waals surface area contributed by atoms with E-state index in [1.807, 2.05) is 30.3 Å². The van der Waals surface area contributed by atoms with Crippen LogP contribution in [-0.4, -0.2) is 66.4 Å². The van der Waals surface area contributed by atoms with Crippen LogP contribution in [0.4, 0.5) is 5.69 Å². The van der Waals surface area contributed by atoms with Crippen LogP contribution in [-0.2, 0) is 14.8 Å². The fraction of sp³-hybridized carbons (Fsp3) is 0.409. The first-order valence-corrected chi connectivity index (χ1v) is 12.2. The minimum Gasteiger partial charge on any atom is -0.339 e. The minimum absolute atomic E-state index is 0.155. The van der Waals surface area contributed by atoms with Gasteiger partial charge in [-0.1, -0.05) is 18.2 Å². The van der Waals surface area contributed by atoms with Crippen molar-refractivity contribution in [1.82, 2.24) is 14.2 Å². The highest BCUT2D eigenvalue weighted by Gasteiger charge is 2.55. The Labute approximate surface area is 182 Å². The molecule has 164 valence electrons. The molecule has 0 spiro atoms. The van der Waals surface area contributed by atoms with Gasteiger partial charge in [0, 0.05) is 43.8 Å². The second-order valence-electron chi connectivity index (χ2n) is 8.19. The van der Waals surface area contributed by atoms with Crippen molar-refractivity contribution in [3.05, 3.63) is 60.4 Å². The number of nitrogens with zero attached hydrogens (tertiary/aromatic N) is 3. The maximum absolute atomic E-state index is 13.5. The number of anilines is 1. The lowest BCUT2D eigenvalue weighted by Crippen LogP contribution is -2.48. The molecule has 0 unspecified atom stereocenters. The molecule has 3 heterocycles. The molecular weight excluding hydrogens is 416 g/mol. The van der Waals surface area contributed by atoms with Crippen LogP contribution in [0.15, 0.2) is 54.9 Å². The number of para-hydroxylation sites is 1. The van der Waals surface area contributed by atoms with Crippen molar-refractivity contribution in [3.8, 4) is 0 Å². The zero-order chi connectivity index (χ0) is 22.1. The molecule has 0 saturated carbocycles. The number of rotatable bonds is 4. The SMILES string of the molecule is CS(=O)(=O)N1CC[C@]2(C(=O)Nc3ccccc3)CCN(C(=O)c3cccnc3)CC[C@H]12. The van der Waals surface area contributed by atoms with Crippen LogP contribution in [0.2, 0.25) is 0 Å². The van der Waals surface area contributed by atoms with Gasteiger partial charge in [-0.3, -0.25) is 14.6 Å². The van der Waals surface area contributed by atoms with Crippen LogP contribution >= 0.6 is 0 Å². The number of amides is 2. The third kappa shape index (κ3) is 4.20. The van der Waals surface area contributed by atoms with E-state index in [0.29, 0.717) is 50.1 Å². The predicted molar refractivity (Wildman–Crippen MR) is 117 cm³/mol. The highest BCUT2D eigenvalue weighted by molar-refractivity contribution is 7.88. The third-order valence-electron chi connectivity index (χ3n) is 6.37. The van der Waals surface area contributed by atoms with Crippen LogP contribution in [0, 0.1) is 5.41 Å². The molecule has 2 fully saturated rings. The highest BCUT2D eigenvalue weighted by Crippen LogP contribution is 2.45. The number of benzene rings is 1. The van der Waals surface area contributed by atoms with Gasteiger partial charge in [0.25, 0.3) is 5.91 Å². The molecule has 1 aromatic carbocycles. The first-order chi connectivity index (χ1) is 14.8. The molecule has 2 atom stereocenters. The Hall–Kier alpha value is -2.78. The van der Waals surface area contributed by atoms with Gasteiger partial charge in [0.15, 0.2) is 0 Å². The first-order valence-electron chi connectivity index (χ1n) is 10.3. The Morgan fingerprint density at radius 3 is 2.48 bits per heavy atom. The molecule has 9 heteroatoms. The van der Waals surface area contributed by atoms with Gasteiger partial charge < -0.3 is 10.2 Å². The maximum atomic E-state index is 13.5. The van der Waals surface area contributed by atoms with Gasteiger partial charge >= 0.3 is 0 Å². The average molecular weight is 443 g/mol. The summed E-state index contributed by atoms with van der Waals surface area (Å²) >= 11 is 0. The zero-order valence-electron chi connectivity index (χ0n) is 17.4. The van der Waals surface area contributed by atoms with Crippen LogP contribution < -0.4 is 5.32 Å². The number of pyridine rings is 1. The van der Waals surface area contributed by atoms with Crippen molar-refractivity contribution >= 4 is 27.5 Å². The van der Waals surface area contributed by atoms with Crippen molar-refractivity contribution in [2.45, 2.75) is 25.3 Å². The van der Waals surface area contributed by atoms with E-state index in [4.69, 9.17) is 0 Å². The molecule has 0 bridgehead atoms. The maximum Gasteiger partial charge on any atom is 0.255 e. The van der Waals surface area contributed by atoms with Gasteiger partial charge in [0.1, 0.15) is 0 Å². The molecule has 0 radical (unpaired) electrons. The molecule has 0 aliphatic carbocycles. The predicted octanol–water partition coefficient (Wildman–Crippen LogP) is 1.98. The van der Waals surface area contributed by atoms with Gasteiger partial charge in [0.2, 0.25) is 15.9 Å². The number of aromatic nitrogens is 1. The number of fused-ring (bicyclic) bond motifs is 1. The second-order valence-corrected chi connectivity index (χ2v) is 10.1. The molecule has 8 nitrogen and oxygen atoms in total. The summed E-state index contributed by atoms with van der Waals surface area (Å²) in [6.45, 7) is 1.07. The Balaban J connectivity index is 1.63. The van der Waals surface area contributed by atoms with E-state index < -0.39 is 21.5 Å². The molecular formula is C22H26N4O4S. The van der Waals surface area contributed by atoms with E-state index in [0.717, 1.165) is 0 Å². The number of hydrogen-bond donors (Lipinski definition) is 1. The quantitative estimate of drug-likeness (QED) is 0.781. The van der Waals surface area contributed by atoms with Crippen molar-refractivity contribution in [1.29, 1.82) is 0 Å². The Morgan fingerprint density at radius 1 is 1.06 bits per heavy atom. The van der Waals surface area contributed by atoms with E-state index in [9.17, 15) is 18.0 Å². The topological polar surface area (TPSA) is 99.7 Å². The fourth-order valence-electron chi connectivity index (χ4n) is 4.77. The van der Waals surface area contributed by atoms with Crippen molar-refractivity contribution in [3.63, 3.8) is 0 Å². The fourth-order valence-corrected chi connectivity index (χ4v) is 5.96. The lowest BCUT2D eigenvalue weighted by atomic mass is 9.76. The molecule has 1 aromatic heterocycles. The number of likely N-dealkylation sites (tertiary alicyclic amines) is 1. The van der Waals surface area contributed by atoms with E-state index in [1.54, 1.807) is 23.2 Å². The smallest absolute Gasteiger partial charge is 0.255 e. The molecule has 31 heavy (non-hydrogen) atoms. The van der Waals surface area contributed by atoms with E-state index >= 15 is 0 Å². The van der Waals surface area contributed by atoms with E-state index in [2.05, 4.69) is 10.3 Å².